The third-order valence-corrected chi connectivity index (χ3v) is 17.6. The highest BCUT2D eigenvalue weighted by atomic mass is 31.2. The number of esters is 2. The maximum atomic E-state index is 12.9. The lowest BCUT2D eigenvalue weighted by atomic mass is 10.0. The Morgan fingerprint density at radius 1 is 0.369 bits per heavy atom. The minimum Gasteiger partial charge on any atom is -0.756 e. The Kier molecular flexibility index (Phi) is 64.3. The van der Waals surface area contributed by atoms with E-state index in [4.69, 9.17) is 18.5 Å². The summed E-state index contributed by atoms with van der Waals surface area (Å²) in [5.41, 5.74) is 0. The first kappa shape index (κ1) is 82.2. The van der Waals surface area contributed by atoms with Crippen LogP contribution in [0.4, 0.5) is 0 Å². The molecule has 0 radical (unpaired) electrons. The number of carbonyl (C=O) groups excluding carboxylic acids is 2. The molecule has 0 bridgehead atoms. The molecule has 0 aliphatic heterocycles. The summed E-state index contributed by atoms with van der Waals surface area (Å²) in [5.74, 6) is -0.811. The standard InChI is InChI=1S/C74H142NO8P/c1-6-8-10-12-14-16-18-20-22-24-26-28-30-32-33-34-35-36-37-38-39-40-41-43-45-47-49-51-53-55-57-59-61-63-65-67-74(77)83-72(71-82-84(78,79)81-69-68-75(3,4)5)70-80-73(76)66-64-62-60-58-56-54-52-50-48-46-44-42-31-29-27-25-23-21-19-17-15-13-11-9-7-2/h18,20,24-27,72H,6-17,19,21-23,28-71H2,1-5H3/b20-18-,26-24-,27-25-. The van der Waals surface area contributed by atoms with Crippen molar-refractivity contribution >= 4 is 19.8 Å². The van der Waals surface area contributed by atoms with Gasteiger partial charge in [-0.1, -0.05) is 326 Å². The van der Waals surface area contributed by atoms with Crippen molar-refractivity contribution < 1.29 is 42.1 Å². The fraction of sp³-hybridized carbons (Fsp3) is 0.892. The lowest BCUT2D eigenvalue weighted by molar-refractivity contribution is -0.870. The summed E-state index contributed by atoms with van der Waals surface area (Å²) in [6.45, 7) is 4.30. The number of allylic oxidation sites excluding steroid dienone is 6. The van der Waals surface area contributed by atoms with Crippen molar-refractivity contribution in [3.05, 3.63) is 36.5 Å². The minimum atomic E-state index is -4.64. The number of carbonyl (C=O) groups is 2. The molecule has 9 nitrogen and oxygen atoms in total. The summed E-state index contributed by atoms with van der Waals surface area (Å²) >= 11 is 0. The molecule has 0 aromatic heterocycles. The van der Waals surface area contributed by atoms with Gasteiger partial charge in [0.05, 0.1) is 27.7 Å². The van der Waals surface area contributed by atoms with Crippen LogP contribution in [-0.4, -0.2) is 70.0 Å². The molecule has 2 unspecified atom stereocenters. The van der Waals surface area contributed by atoms with Gasteiger partial charge >= 0.3 is 11.9 Å². The number of hydrogen-bond donors (Lipinski definition) is 0. The quantitative estimate of drug-likeness (QED) is 0.0195. The Hall–Kier alpha value is -1.77. The highest BCUT2D eigenvalue weighted by Gasteiger charge is 2.22. The van der Waals surface area contributed by atoms with E-state index in [0.29, 0.717) is 17.4 Å². The third kappa shape index (κ3) is 69.3. The van der Waals surface area contributed by atoms with Crippen molar-refractivity contribution in [2.24, 2.45) is 0 Å². The monoisotopic (exact) mass is 1200 g/mol. The normalized spacial score (nSPS) is 13.3. The number of nitrogens with zero attached hydrogens (tertiary/aromatic N) is 1. The fourth-order valence-corrected chi connectivity index (χ4v) is 11.7. The molecule has 0 aromatic carbocycles. The van der Waals surface area contributed by atoms with Crippen molar-refractivity contribution in [1.82, 2.24) is 0 Å². The molecular weight excluding hydrogens is 1060 g/mol. The Bertz CT molecular complexity index is 1510. The van der Waals surface area contributed by atoms with E-state index < -0.39 is 26.5 Å². The molecule has 0 saturated heterocycles. The molecular formula is C74H142NO8P. The van der Waals surface area contributed by atoms with Crippen LogP contribution in [0.2, 0.25) is 0 Å². The van der Waals surface area contributed by atoms with E-state index >= 15 is 0 Å². The molecule has 0 aromatic rings. The van der Waals surface area contributed by atoms with Crippen molar-refractivity contribution in [2.45, 2.75) is 380 Å². The second kappa shape index (κ2) is 65.7. The fourth-order valence-electron chi connectivity index (χ4n) is 11.0. The van der Waals surface area contributed by atoms with Gasteiger partial charge in [-0.2, -0.15) is 0 Å². The van der Waals surface area contributed by atoms with E-state index in [2.05, 4.69) is 50.3 Å². The molecule has 0 aliphatic carbocycles. The summed E-state index contributed by atoms with van der Waals surface area (Å²) in [4.78, 5) is 38.1. The highest BCUT2D eigenvalue weighted by molar-refractivity contribution is 7.45. The number of rotatable bonds is 69. The highest BCUT2D eigenvalue weighted by Crippen LogP contribution is 2.38. The predicted molar refractivity (Wildman–Crippen MR) is 361 cm³/mol. The van der Waals surface area contributed by atoms with Crippen LogP contribution in [0.3, 0.4) is 0 Å². The first-order valence-electron chi connectivity index (χ1n) is 36.7. The van der Waals surface area contributed by atoms with Crippen LogP contribution in [0.15, 0.2) is 36.5 Å². The SMILES string of the molecule is CCCCCCC/C=C\C/C=C\CCCCCCCCCCCCCCCCCCCCCCCCCC(=O)OC(COC(=O)CCCCCCCCCCCCCCC/C=C\CCCCCCCCCC)COP(=O)([O-])OCC[N+](C)(C)C. The number of quaternary nitrogens is 1. The van der Waals surface area contributed by atoms with Crippen molar-refractivity contribution in [2.75, 3.05) is 47.5 Å². The van der Waals surface area contributed by atoms with Crippen molar-refractivity contribution in [3.8, 4) is 0 Å². The van der Waals surface area contributed by atoms with Crippen LogP contribution in [0, 0.1) is 0 Å². The molecule has 0 amide bonds. The first-order chi connectivity index (χ1) is 41.0. The topological polar surface area (TPSA) is 111 Å². The lowest BCUT2D eigenvalue weighted by Crippen LogP contribution is -2.37. The molecule has 0 fully saturated rings. The van der Waals surface area contributed by atoms with Crippen molar-refractivity contribution in [1.29, 1.82) is 0 Å². The number of phosphoric ester groups is 1. The van der Waals surface area contributed by atoms with Gasteiger partial charge in [-0.15, -0.1) is 0 Å². The summed E-state index contributed by atoms with van der Waals surface area (Å²) < 4.78 is 34.4. The average Bonchev–Trinajstić information content (AvgIpc) is 3.61. The van der Waals surface area contributed by atoms with Crippen LogP contribution < -0.4 is 4.89 Å². The van der Waals surface area contributed by atoms with Crippen LogP contribution in [0.25, 0.3) is 0 Å². The van der Waals surface area contributed by atoms with Gasteiger partial charge in [0.25, 0.3) is 7.82 Å². The third-order valence-electron chi connectivity index (χ3n) is 16.6. The molecule has 496 valence electrons. The van der Waals surface area contributed by atoms with Gasteiger partial charge in [0.15, 0.2) is 6.10 Å². The molecule has 0 N–H and O–H groups in total. The zero-order valence-corrected chi connectivity index (χ0v) is 57.5. The number of ether oxygens (including phenoxy) is 2. The average molecular weight is 1200 g/mol. The van der Waals surface area contributed by atoms with E-state index in [-0.39, 0.29) is 32.0 Å². The maximum Gasteiger partial charge on any atom is 0.306 e. The number of hydrogen-bond acceptors (Lipinski definition) is 8. The smallest absolute Gasteiger partial charge is 0.306 e. The molecule has 2 atom stereocenters. The summed E-state index contributed by atoms with van der Waals surface area (Å²) in [5, 5.41) is 0. The lowest BCUT2D eigenvalue weighted by Gasteiger charge is -2.28. The van der Waals surface area contributed by atoms with E-state index in [1.807, 2.05) is 21.1 Å². The second-order valence-electron chi connectivity index (χ2n) is 26.3. The molecule has 0 spiro atoms. The summed E-state index contributed by atoms with van der Waals surface area (Å²) in [6.07, 6.45) is 83.9. The molecule has 0 saturated carbocycles. The Morgan fingerprint density at radius 2 is 0.643 bits per heavy atom. The van der Waals surface area contributed by atoms with Gasteiger partial charge in [0, 0.05) is 12.8 Å². The molecule has 84 heavy (non-hydrogen) atoms. The number of unbranched alkanes of at least 4 members (excludes halogenated alkanes) is 49. The first-order valence-corrected chi connectivity index (χ1v) is 38.2. The largest absolute Gasteiger partial charge is 0.756 e. The zero-order chi connectivity index (χ0) is 61.2. The molecule has 0 rings (SSSR count). The van der Waals surface area contributed by atoms with Gasteiger partial charge in [0.1, 0.15) is 19.8 Å². The van der Waals surface area contributed by atoms with Crippen LogP contribution in [0.5, 0.6) is 0 Å². The predicted octanol–water partition coefficient (Wildman–Crippen LogP) is 23.2. The van der Waals surface area contributed by atoms with E-state index in [1.54, 1.807) is 0 Å². The summed E-state index contributed by atoms with van der Waals surface area (Å²) in [6, 6.07) is 0. The van der Waals surface area contributed by atoms with Crippen molar-refractivity contribution in [3.63, 3.8) is 0 Å². The Labute approximate surface area is 522 Å². The molecule has 0 aliphatic rings. The number of phosphoric acid groups is 1. The number of likely N-dealkylation sites (N-methyl/N-ethyl adjacent to an activating group) is 1. The van der Waals surface area contributed by atoms with Gasteiger partial charge < -0.3 is 27.9 Å². The van der Waals surface area contributed by atoms with Gasteiger partial charge in [-0.25, -0.2) is 0 Å². The van der Waals surface area contributed by atoms with Crippen LogP contribution >= 0.6 is 7.82 Å². The second-order valence-corrected chi connectivity index (χ2v) is 27.7. The maximum absolute atomic E-state index is 12.9. The van der Waals surface area contributed by atoms with E-state index in [0.717, 1.165) is 38.5 Å². The van der Waals surface area contributed by atoms with Gasteiger partial charge in [-0.05, 0) is 70.6 Å². The zero-order valence-electron chi connectivity index (χ0n) is 56.6. The van der Waals surface area contributed by atoms with Gasteiger partial charge in [-0.3, -0.25) is 14.2 Å². The Morgan fingerprint density at radius 3 is 0.952 bits per heavy atom. The van der Waals surface area contributed by atoms with E-state index in [1.165, 1.54) is 302 Å². The molecule has 0 heterocycles. The Balaban J connectivity index is 3.95. The minimum absolute atomic E-state index is 0.0278. The van der Waals surface area contributed by atoms with Crippen LogP contribution in [0.1, 0.15) is 373 Å². The van der Waals surface area contributed by atoms with Crippen LogP contribution in [-0.2, 0) is 32.7 Å². The molecule has 10 heteroatoms. The van der Waals surface area contributed by atoms with E-state index in [9.17, 15) is 19.0 Å². The van der Waals surface area contributed by atoms with Gasteiger partial charge in [0.2, 0.25) is 0 Å². The summed E-state index contributed by atoms with van der Waals surface area (Å²) in [7, 11) is 1.19.